The number of hydrogen-bond donors (Lipinski definition) is 1. The molecule has 1 aliphatic heterocycles. The molecule has 2 unspecified atom stereocenters. The van der Waals surface area contributed by atoms with Gasteiger partial charge in [0, 0.05) is 23.2 Å². The second kappa shape index (κ2) is 5.40. The monoisotopic (exact) mass is 337 g/mol. The van der Waals surface area contributed by atoms with Crippen molar-refractivity contribution >= 4 is 27.6 Å². The highest BCUT2D eigenvalue weighted by Gasteiger charge is 2.37. The van der Waals surface area contributed by atoms with Crippen molar-refractivity contribution in [3.8, 4) is 0 Å². The molecule has 1 saturated heterocycles. The van der Waals surface area contributed by atoms with Gasteiger partial charge in [0.15, 0.2) is 0 Å². The van der Waals surface area contributed by atoms with E-state index in [1.165, 1.54) is 17.7 Å². The van der Waals surface area contributed by atoms with Crippen molar-refractivity contribution in [2.45, 2.75) is 26.2 Å². The lowest BCUT2D eigenvalue weighted by Gasteiger charge is -2.44. The third-order valence-corrected chi connectivity index (χ3v) is 5.58. The molecule has 0 amide bonds. The van der Waals surface area contributed by atoms with Crippen LogP contribution in [0.1, 0.15) is 24.8 Å². The van der Waals surface area contributed by atoms with E-state index < -0.39 is 5.97 Å². The van der Waals surface area contributed by atoms with Crippen LogP contribution >= 0.6 is 15.9 Å². The van der Waals surface area contributed by atoms with E-state index in [1.54, 1.807) is 0 Å². The number of aliphatic carboxylic acids is 1. The Balaban J connectivity index is 1.75. The Kier molecular flexibility index (Phi) is 3.76. The summed E-state index contributed by atoms with van der Waals surface area (Å²) in [7, 11) is 0. The molecular weight excluding hydrogens is 318 g/mol. The van der Waals surface area contributed by atoms with E-state index in [0.29, 0.717) is 11.8 Å². The predicted octanol–water partition coefficient (Wildman–Crippen LogP) is 3.69. The number of piperidine rings is 1. The zero-order chi connectivity index (χ0) is 14.3. The van der Waals surface area contributed by atoms with E-state index in [2.05, 4.69) is 46.0 Å². The summed E-state index contributed by atoms with van der Waals surface area (Å²) in [5.41, 5.74) is 2.50. The predicted molar refractivity (Wildman–Crippen MR) is 83.0 cm³/mol. The average Bonchev–Trinajstić information content (AvgIpc) is 2.40. The second-order valence-electron chi connectivity index (χ2n) is 6.31. The third-order valence-electron chi connectivity index (χ3n) is 4.73. The number of benzene rings is 1. The first kappa shape index (κ1) is 13.9. The molecule has 1 N–H and O–H groups in total. The van der Waals surface area contributed by atoms with Crippen LogP contribution in [0.5, 0.6) is 0 Å². The number of aryl methyl sites for hydroxylation is 1. The molecule has 0 aromatic heterocycles. The molecule has 1 aromatic rings. The van der Waals surface area contributed by atoms with Crippen LogP contribution < -0.4 is 4.90 Å². The molecule has 2 bridgehead atoms. The van der Waals surface area contributed by atoms with Gasteiger partial charge in [0.1, 0.15) is 0 Å². The molecule has 2 fully saturated rings. The van der Waals surface area contributed by atoms with Crippen molar-refractivity contribution in [1.29, 1.82) is 0 Å². The highest BCUT2D eigenvalue weighted by atomic mass is 79.9. The molecule has 3 rings (SSSR count). The van der Waals surface area contributed by atoms with Crippen LogP contribution in [0.2, 0.25) is 0 Å². The average molecular weight is 338 g/mol. The number of rotatable bonds is 2. The number of anilines is 1. The third kappa shape index (κ3) is 2.71. The van der Waals surface area contributed by atoms with Crippen LogP contribution in [-0.4, -0.2) is 24.2 Å². The highest BCUT2D eigenvalue weighted by Crippen LogP contribution is 2.39. The first-order valence-electron chi connectivity index (χ1n) is 7.27. The molecule has 0 radical (unpaired) electrons. The summed E-state index contributed by atoms with van der Waals surface area (Å²) >= 11 is 3.60. The number of hydrogen-bond acceptors (Lipinski definition) is 2. The maximum absolute atomic E-state index is 11.2. The lowest BCUT2D eigenvalue weighted by Crippen LogP contribution is -2.45. The van der Waals surface area contributed by atoms with Gasteiger partial charge in [-0.25, -0.2) is 0 Å². The van der Waals surface area contributed by atoms with Gasteiger partial charge in [-0.1, -0.05) is 22.0 Å². The molecule has 108 valence electrons. The SMILES string of the molecule is Cc1ccc(N2CC3CC(CC(C(=O)O)C3)C2)cc1Br. The molecule has 1 heterocycles. The van der Waals surface area contributed by atoms with Crippen molar-refractivity contribution in [2.75, 3.05) is 18.0 Å². The van der Waals surface area contributed by atoms with Crippen LogP contribution in [0.15, 0.2) is 22.7 Å². The minimum atomic E-state index is -0.605. The van der Waals surface area contributed by atoms with Crippen molar-refractivity contribution < 1.29 is 9.90 Å². The van der Waals surface area contributed by atoms with Gasteiger partial charge in [0.2, 0.25) is 0 Å². The normalized spacial score (nSPS) is 29.3. The number of fused-ring (bicyclic) bond motifs is 2. The second-order valence-corrected chi connectivity index (χ2v) is 7.17. The molecule has 1 aliphatic carbocycles. The molecule has 2 aliphatic rings. The molecule has 0 spiro atoms. The fourth-order valence-electron chi connectivity index (χ4n) is 3.75. The van der Waals surface area contributed by atoms with Crippen LogP contribution in [0.3, 0.4) is 0 Å². The molecule has 4 heteroatoms. The quantitative estimate of drug-likeness (QED) is 0.894. The van der Waals surface area contributed by atoms with Gasteiger partial charge in [-0.3, -0.25) is 4.79 Å². The largest absolute Gasteiger partial charge is 0.481 e. The van der Waals surface area contributed by atoms with E-state index in [9.17, 15) is 9.90 Å². The zero-order valence-corrected chi connectivity index (χ0v) is 13.3. The van der Waals surface area contributed by atoms with Gasteiger partial charge < -0.3 is 10.0 Å². The summed E-state index contributed by atoms with van der Waals surface area (Å²) in [6, 6.07) is 6.50. The van der Waals surface area contributed by atoms with E-state index in [0.717, 1.165) is 30.4 Å². The summed E-state index contributed by atoms with van der Waals surface area (Å²) in [5.74, 6) is 0.337. The summed E-state index contributed by atoms with van der Waals surface area (Å²) in [4.78, 5) is 13.6. The summed E-state index contributed by atoms with van der Waals surface area (Å²) in [5, 5.41) is 9.22. The van der Waals surface area contributed by atoms with E-state index in [-0.39, 0.29) is 5.92 Å². The van der Waals surface area contributed by atoms with Crippen molar-refractivity contribution in [3.63, 3.8) is 0 Å². The topological polar surface area (TPSA) is 40.5 Å². The van der Waals surface area contributed by atoms with Gasteiger partial charge in [-0.05, 0) is 55.7 Å². The minimum absolute atomic E-state index is 0.120. The van der Waals surface area contributed by atoms with Crippen LogP contribution in [-0.2, 0) is 4.79 Å². The molecule has 20 heavy (non-hydrogen) atoms. The minimum Gasteiger partial charge on any atom is -0.481 e. The van der Waals surface area contributed by atoms with Crippen LogP contribution in [0, 0.1) is 24.7 Å². The maximum atomic E-state index is 11.2. The van der Waals surface area contributed by atoms with Gasteiger partial charge in [-0.2, -0.15) is 0 Å². The highest BCUT2D eigenvalue weighted by molar-refractivity contribution is 9.10. The molecule has 2 atom stereocenters. The van der Waals surface area contributed by atoms with Crippen LogP contribution in [0.25, 0.3) is 0 Å². The van der Waals surface area contributed by atoms with E-state index in [1.807, 2.05) is 0 Å². The Morgan fingerprint density at radius 2 is 1.90 bits per heavy atom. The zero-order valence-electron chi connectivity index (χ0n) is 11.7. The number of halogens is 1. The van der Waals surface area contributed by atoms with Crippen LogP contribution in [0.4, 0.5) is 5.69 Å². The fraction of sp³-hybridized carbons (Fsp3) is 0.562. The summed E-state index contributed by atoms with van der Waals surface area (Å²) in [6.07, 6.45) is 2.89. The molecular formula is C16H20BrNO2. The van der Waals surface area contributed by atoms with Gasteiger partial charge in [0.05, 0.1) is 5.92 Å². The number of nitrogens with zero attached hydrogens (tertiary/aromatic N) is 1. The number of carbonyl (C=O) groups is 1. The Morgan fingerprint density at radius 1 is 1.25 bits per heavy atom. The van der Waals surface area contributed by atoms with Gasteiger partial charge >= 0.3 is 5.97 Å². The Labute approximate surface area is 128 Å². The Bertz CT molecular complexity index is 517. The fourth-order valence-corrected chi connectivity index (χ4v) is 4.12. The standard InChI is InChI=1S/C16H20BrNO2/c1-10-2-3-14(7-15(10)17)18-8-11-4-12(9-18)6-13(5-11)16(19)20/h2-3,7,11-13H,4-6,8-9H2,1H3,(H,19,20). The molecule has 1 saturated carbocycles. The summed E-state index contributed by atoms with van der Waals surface area (Å²) in [6.45, 7) is 4.09. The maximum Gasteiger partial charge on any atom is 0.306 e. The Hall–Kier alpha value is -1.03. The Morgan fingerprint density at radius 3 is 2.45 bits per heavy atom. The van der Waals surface area contributed by atoms with Crippen molar-refractivity contribution in [3.05, 3.63) is 28.2 Å². The summed E-state index contributed by atoms with van der Waals surface area (Å²) < 4.78 is 1.15. The molecule has 1 aromatic carbocycles. The van der Waals surface area contributed by atoms with E-state index >= 15 is 0 Å². The first-order valence-corrected chi connectivity index (χ1v) is 8.06. The van der Waals surface area contributed by atoms with Crippen molar-refractivity contribution in [1.82, 2.24) is 0 Å². The van der Waals surface area contributed by atoms with Gasteiger partial charge in [-0.15, -0.1) is 0 Å². The lowest BCUT2D eigenvalue weighted by molar-refractivity contribution is -0.144. The first-order chi connectivity index (χ1) is 9.52. The van der Waals surface area contributed by atoms with Crippen molar-refractivity contribution in [2.24, 2.45) is 17.8 Å². The smallest absolute Gasteiger partial charge is 0.306 e. The van der Waals surface area contributed by atoms with Gasteiger partial charge in [0.25, 0.3) is 0 Å². The number of carboxylic acid groups (broad SMARTS) is 1. The number of carboxylic acids is 1. The molecule has 3 nitrogen and oxygen atoms in total. The lowest BCUT2D eigenvalue weighted by atomic mass is 9.72. The van der Waals surface area contributed by atoms with E-state index in [4.69, 9.17) is 0 Å².